The van der Waals surface area contributed by atoms with Crippen molar-refractivity contribution >= 4 is 0 Å². The van der Waals surface area contributed by atoms with Crippen LogP contribution in [0.4, 0.5) is 0 Å². The molecular weight excluding hydrogens is 260 g/mol. The summed E-state index contributed by atoms with van der Waals surface area (Å²) in [6.45, 7) is 14.7. The molecule has 1 aromatic rings. The highest BCUT2D eigenvalue weighted by atomic mass is 15.3. The van der Waals surface area contributed by atoms with Crippen LogP contribution in [-0.4, -0.2) is 39.9 Å². The third kappa shape index (κ3) is 4.07. The smallest absolute Gasteiger partial charge is 0.0625 e. The first-order valence-electron chi connectivity index (χ1n) is 8.30. The van der Waals surface area contributed by atoms with E-state index in [2.05, 4.69) is 67.7 Å². The monoisotopic (exact) mass is 292 g/mol. The molecule has 0 saturated carbocycles. The van der Waals surface area contributed by atoms with Gasteiger partial charge in [0.05, 0.1) is 11.4 Å². The lowest BCUT2D eigenvalue weighted by Gasteiger charge is -2.35. The van der Waals surface area contributed by atoms with Crippen LogP contribution in [0.25, 0.3) is 0 Å². The van der Waals surface area contributed by atoms with Gasteiger partial charge in [-0.2, -0.15) is 5.10 Å². The van der Waals surface area contributed by atoms with E-state index >= 15 is 0 Å². The van der Waals surface area contributed by atoms with Gasteiger partial charge in [-0.1, -0.05) is 27.7 Å². The van der Waals surface area contributed by atoms with Crippen molar-refractivity contribution < 1.29 is 0 Å². The Balaban J connectivity index is 2.13. The predicted molar refractivity (Wildman–Crippen MR) is 88.3 cm³/mol. The Morgan fingerprint density at radius 2 is 2.10 bits per heavy atom. The van der Waals surface area contributed by atoms with E-state index in [-0.39, 0.29) is 0 Å². The number of hydrogen-bond acceptors (Lipinski definition) is 3. The van der Waals surface area contributed by atoms with Gasteiger partial charge in [-0.25, -0.2) is 0 Å². The van der Waals surface area contributed by atoms with Crippen LogP contribution in [0.15, 0.2) is 6.07 Å². The first-order valence-corrected chi connectivity index (χ1v) is 8.30. The average molecular weight is 292 g/mol. The molecule has 1 aliphatic rings. The van der Waals surface area contributed by atoms with Crippen LogP contribution in [0.5, 0.6) is 0 Å². The lowest BCUT2D eigenvalue weighted by atomic mass is 9.86. The first-order chi connectivity index (χ1) is 9.81. The van der Waals surface area contributed by atoms with Gasteiger partial charge in [-0.05, 0) is 37.8 Å². The number of aromatic nitrogens is 2. The molecule has 0 bridgehead atoms. The topological polar surface area (TPSA) is 33.1 Å². The molecule has 0 radical (unpaired) electrons. The minimum absolute atomic E-state index is 0.295. The summed E-state index contributed by atoms with van der Waals surface area (Å²) in [4.78, 5) is 2.62. The molecule has 1 aromatic heterocycles. The van der Waals surface area contributed by atoms with Crippen molar-refractivity contribution in [3.05, 3.63) is 17.5 Å². The highest BCUT2D eigenvalue weighted by molar-refractivity contribution is 5.10. The van der Waals surface area contributed by atoms with Gasteiger partial charge in [0.2, 0.25) is 0 Å². The first kappa shape index (κ1) is 16.5. The minimum atomic E-state index is 0.295. The fourth-order valence-corrected chi connectivity index (χ4v) is 3.03. The van der Waals surface area contributed by atoms with Crippen molar-refractivity contribution in [2.24, 2.45) is 12.5 Å². The highest BCUT2D eigenvalue weighted by Crippen LogP contribution is 2.24. The molecule has 1 N–H and O–H groups in total. The lowest BCUT2D eigenvalue weighted by Crippen LogP contribution is -2.47. The number of nitrogens with one attached hydrogen (secondary N) is 1. The zero-order chi connectivity index (χ0) is 15.6. The average Bonchev–Trinajstić information content (AvgIpc) is 2.63. The number of rotatable bonds is 3. The summed E-state index contributed by atoms with van der Waals surface area (Å²) in [7, 11) is 2.07. The maximum absolute atomic E-state index is 4.59. The van der Waals surface area contributed by atoms with Crippen molar-refractivity contribution in [2.45, 2.75) is 66.1 Å². The molecule has 1 aliphatic heterocycles. The van der Waals surface area contributed by atoms with Gasteiger partial charge in [0.1, 0.15) is 0 Å². The van der Waals surface area contributed by atoms with Crippen LogP contribution in [0.2, 0.25) is 0 Å². The Labute approximate surface area is 129 Å². The Morgan fingerprint density at radius 1 is 1.38 bits per heavy atom. The van der Waals surface area contributed by atoms with Crippen molar-refractivity contribution in [1.82, 2.24) is 20.0 Å². The number of hydrogen-bond donors (Lipinski definition) is 1. The molecule has 0 aromatic carbocycles. The van der Waals surface area contributed by atoms with Gasteiger partial charge in [0, 0.05) is 32.2 Å². The summed E-state index contributed by atoms with van der Waals surface area (Å²) in [5.41, 5.74) is 2.82. The molecule has 1 saturated heterocycles. The quantitative estimate of drug-likeness (QED) is 0.929. The molecule has 2 unspecified atom stereocenters. The third-order valence-electron chi connectivity index (χ3n) is 4.79. The highest BCUT2D eigenvalue weighted by Gasteiger charge is 2.30. The standard InChI is InChI=1S/C17H32N4/c1-7-14-10-15(20(6)19-14)11-21-12-16(17(3,4)5)18-9-8-13(21)2/h10,13,16,18H,7-9,11-12H2,1-6H3. The molecule has 0 spiro atoms. The van der Waals surface area contributed by atoms with Crippen molar-refractivity contribution in [1.29, 1.82) is 0 Å². The van der Waals surface area contributed by atoms with E-state index in [0.717, 1.165) is 26.1 Å². The molecular formula is C17H32N4. The maximum Gasteiger partial charge on any atom is 0.0625 e. The van der Waals surface area contributed by atoms with Crippen LogP contribution in [-0.2, 0) is 20.0 Å². The fourth-order valence-electron chi connectivity index (χ4n) is 3.03. The predicted octanol–water partition coefficient (Wildman–Crippen LogP) is 2.58. The van der Waals surface area contributed by atoms with Crippen molar-refractivity contribution in [3.8, 4) is 0 Å². The molecule has 120 valence electrons. The molecule has 0 amide bonds. The second-order valence-corrected chi connectivity index (χ2v) is 7.54. The molecule has 0 aliphatic carbocycles. The van der Waals surface area contributed by atoms with Crippen LogP contribution in [0.3, 0.4) is 0 Å². The van der Waals surface area contributed by atoms with E-state index < -0.39 is 0 Å². The minimum Gasteiger partial charge on any atom is -0.312 e. The van der Waals surface area contributed by atoms with Crippen LogP contribution >= 0.6 is 0 Å². The summed E-state index contributed by atoms with van der Waals surface area (Å²) < 4.78 is 2.05. The summed E-state index contributed by atoms with van der Waals surface area (Å²) in [5.74, 6) is 0. The SMILES string of the molecule is CCc1cc(CN2CC(C(C)(C)C)NCCC2C)n(C)n1. The second-order valence-electron chi connectivity index (χ2n) is 7.54. The zero-order valence-electron chi connectivity index (χ0n) is 14.6. The lowest BCUT2D eigenvalue weighted by molar-refractivity contribution is 0.154. The van der Waals surface area contributed by atoms with E-state index in [1.165, 1.54) is 17.8 Å². The molecule has 2 heterocycles. The molecule has 4 heteroatoms. The van der Waals surface area contributed by atoms with Crippen LogP contribution in [0, 0.1) is 5.41 Å². The van der Waals surface area contributed by atoms with E-state index in [0.29, 0.717) is 17.5 Å². The van der Waals surface area contributed by atoms with E-state index in [4.69, 9.17) is 0 Å². The van der Waals surface area contributed by atoms with Gasteiger partial charge in [0.25, 0.3) is 0 Å². The van der Waals surface area contributed by atoms with Crippen LogP contribution < -0.4 is 5.32 Å². The Hall–Kier alpha value is -0.870. The van der Waals surface area contributed by atoms with Gasteiger partial charge in [-0.15, -0.1) is 0 Å². The molecule has 21 heavy (non-hydrogen) atoms. The van der Waals surface area contributed by atoms with E-state index in [9.17, 15) is 0 Å². The van der Waals surface area contributed by atoms with Crippen LogP contribution in [0.1, 0.15) is 52.4 Å². The Bertz CT molecular complexity index is 458. The molecule has 2 rings (SSSR count). The molecule has 1 fully saturated rings. The Kier molecular flexibility index (Phi) is 5.10. The van der Waals surface area contributed by atoms with Gasteiger partial charge < -0.3 is 5.32 Å². The zero-order valence-corrected chi connectivity index (χ0v) is 14.6. The van der Waals surface area contributed by atoms with Gasteiger partial charge in [0.15, 0.2) is 0 Å². The second kappa shape index (κ2) is 6.49. The molecule has 4 nitrogen and oxygen atoms in total. The van der Waals surface area contributed by atoms with E-state index in [1.54, 1.807) is 0 Å². The summed E-state index contributed by atoms with van der Waals surface area (Å²) in [6.07, 6.45) is 2.22. The summed E-state index contributed by atoms with van der Waals surface area (Å²) >= 11 is 0. The molecule has 2 atom stereocenters. The maximum atomic E-state index is 4.59. The summed E-state index contributed by atoms with van der Waals surface area (Å²) in [5, 5.41) is 8.32. The van der Waals surface area contributed by atoms with E-state index in [1.807, 2.05) is 0 Å². The van der Waals surface area contributed by atoms with Crippen molar-refractivity contribution in [3.63, 3.8) is 0 Å². The summed E-state index contributed by atoms with van der Waals surface area (Å²) in [6, 6.07) is 3.42. The third-order valence-corrected chi connectivity index (χ3v) is 4.79. The number of aryl methyl sites for hydroxylation is 2. The van der Waals surface area contributed by atoms with Crippen molar-refractivity contribution in [2.75, 3.05) is 13.1 Å². The normalized spacial score (nSPS) is 25.0. The van der Waals surface area contributed by atoms with Gasteiger partial charge >= 0.3 is 0 Å². The Morgan fingerprint density at radius 3 is 2.67 bits per heavy atom. The van der Waals surface area contributed by atoms with Gasteiger partial charge in [-0.3, -0.25) is 9.58 Å². The largest absolute Gasteiger partial charge is 0.312 e. The number of nitrogens with zero attached hydrogens (tertiary/aromatic N) is 3. The fraction of sp³-hybridized carbons (Fsp3) is 0.824.